The first-order valence-corrected chi connectivity index (χ1v) is 6.68. The standard InChI is InChI=1S/C14H12F5N3/c1-6-12-8(2-3-20-6)13(22(21-12)14(18)19)7-4-9(15)11(17)10(16)5-7/h4-6,14,20H,2-3H2,1H3. The maximum Gasteiger partial charge on any atom is 0.333 e. The number of nitrogens with zero attached hydrogens (tertiary/aromatic N) is 2. The second kappa shape index (κ2) is 5.35. The summed E-state index contributed by atoms with van der Waals surface area (Å²) in [5.41, 5.74) is 0.680. The molecular formula is C14H12F5N3. The van der Waals surface area contributed by atoms with E-state index in [1.54, 1.807) is 6.92 Å². The van der Waals surface area contributed by atoms with Crippen LogP contribution < -0.4 is 5.32 Å². The number of hydrogen-bond donors (Lipinski definition) is 1. The summed E-state index contributed by atoms with van der Waals surface area (Å²) in [7, 11) is 0. The number of alkyl halides is 2. The lowest BCUT2D eigenvalue weighted by Crippen LogP contribution is -2.27. The van der Waals surface area contributed by atoms with E-state index in [0.717, 1.165) is 0 Å². The van der Waals surface area contributed by atoms with Crippen LogP contribution in [0, 0.1) is 17.5 Å². The molecule has 118 valence electrons. The van der Waals surface area contributed by atoms with Crippen molar-refractivity contribution in [1.82, 2.24) is 15.1 Å². The third-order valence-electron chi connectivity index (χ3n) is 3.72. The molecule has 1 N–H and O–H groups in total. The van der Waals surface area contributed by atoms with E-state index in [1.807, 2.05) is 0 Å². The Bertz CT molecular complexity index is 703. The summed E-state index contributed by atoms with van der Waals surface area (Å²) in [6.45, 7) is -0.678. The molecule has 0 spiro atoms. The third-order valence-corrected chi connectivity index (χ3v) is 3.72. The molecule has 0 saturated carbocycles. The number of halogens is 5. The van der Waals surface area contributed by atoms with Crippen molar-refractivity contribution in [1.29, 1.82) is 0 Å². The van der Waals surface area contributed by atoms with Crippen molar-refractivity contribution in [2.75, 3.05) is 6.54 Å². The fourth-order valence-corrected chi connectivity index (χ4v) is 2.73. The highest BCUT2D eigenvalue weighted by molar-refractivity contribution is 5.66. The van der Waals surface area contributed by atoms with Crippen LogP contribution in [0.4, 0.5) is 22.0 Å². The van der Waals surface area contributed by atoms with Crippen molar-refractivity contribution >= 4 is 0 Å². The predicted octanol–water partition coefficient (Wildman–Crippen LogP) is 3.57. The van der Waals surface area contributed by atoms with Gasteiger partial charge in [-0.25, -0.2) is 17.9 Å². The van der Waals surface area contributed by atoms with Crippen molar-refractivity contribution < 1.29 is 22.0 Å². The number of benzene rings is 1. The van der Waals surface area contributed by atoms with Crippen molar-refractivity contribution in [2.24, 2.45) is 0 Å². The first-order valence-electron chi connectivity index (χ1n) is 6.68. The second-order valence-electron chi connectivity index (χ2n) is 5.11. The van der Waals surface area contributed by atoms with E-state index in [2.05, 4.69) is 10.4 Å². The van der Waals surface area contributed by atoms with Gasteiger partial charge in [0.25, 0.3) is 0 Å². The highest BCUT2D eigenvalue weighted by atomic mass is 19.3. The highest BCUT2D eigenvalue weighted by Gasteiger charge is 2.29. The van der Waals surface area contributed by atoms with Crippen LogP contribution in [0.15, 0.2) is 12.1 Å². The fraction of sp³-hybridized carbons (Fsp3) is 0.357. The Morgan fingerprint density at radius 1 is 1.23 bits per heavy atom. The van der Waals surface area contributed by atoms with Gasteiger partial charge in [0.15, 0.2) is 17.5 Å². The Morgan fingerprint density at radius 3 is 2.45 bits per heavy atom. The largest absolute Gasteiger partial charge is 0.333 e. The average Bonchev–Trinajstić information content (AvgIpc) is 2.85. The lowest BCUT2D eigenvalue weighted by Gasteiger charge is -2.19. The zero-order valence-electron chi connectivity index (χ0n) is 11.5. The van der Waals surface area contributed by atoms with Gasteiger partial charge >= 0.3 is 6.55 Å². The molecule has 0 bridgehead atoms. The molecule has 0 radical (unpaired) electrons. The van der Waals surface area contributed by atoms with E-state index in [1.165, 1.54) is 0 Å². The lowest BCUT2D eigenvalue weighted by molar-refractivity contribution is 0.0579. The molecule has 1 atom stereocenters. The van der Waals surface area contributed by atoms with E-state index in [-0.39, 0.29) is 17.3 Å². The molecule has 0 aliphatic carbocycles. The van der Waals surface area contributed by atoms with Gasteiger partial charge in [-0.15, -0.1) is 0 Å². The van der Waals surface area contributed by atoms with Crippen LogP contribution in [-0.4, -0.2) is 16.3 Å². The molecule has 1 aromatic heterocycles. The van der Waals surface area contributed by atoms with Crippen molar-refractivity contribution in [3.63, 3.8) is 0 Å². The Balaban J connectivity index is 2.26. The lowest BCUT2D eigenvalue weighted by atomic mass is 9.97. The van der Waals surface area contributed by atoms with Crippen LogP contribution in [0.3, 0.4) is 0 Å². The summed E-state index contributed by atoms with van der Waals surface area (Å²) in [6.07, 6.45) is 0.391. The number of fused-ring (bicyclic) bond motifs is 1. The minimum atomic E-state index is -2.97. The smallest absolute Gasteiger partial charge is 0.308 e. The number of nitrogens with one attached hydrogen (secondary N) is 1. The summed E-state index contributed by atoms with van der Waals surface area (Å²) in [6, 6.07) is 1.17. The van der Waals surface area contributed by atoms with Gasteiger partial charge in [0.1, 0.15) is 0 Å². The van der Waals surface area contributed by atoms with Crippen LogP contribution in [0.1, 0.15) is 30.8 Å². The average molecular weight is 317 g/mol. The highest BCUT2D eigenvalue weighted by Crippen LogP contribution is 2.35. The molecule has 1 unspecified atom stereocenters. The van der Waals surface area contributed by atoms with Crippen molar-refractivity contribution in [3.05, 3.63) is 40.8 Å². The SMILES string of the molecule is CC1NCCc2c1nn(C(F)F)c2-c1cc(F)c(F)c(F)c1. The van der Waals surface area contributed by atoms with Gasteiger partial charge in [-0.05, 0) is 32.0 Å². The molecule has 22 heavy (non-hydrogen) atoms. The molecule has 1 aliphatic rings. The Morgan fingerprint density at radius 2 is 1.86 bits per heavy atom. The molecule has 3 rings (SSSR count). The summed E-state index contributed by atoms with van der Waals surface area (Å²) < 4.78 is 66.8. The van der Waals surface area contributed by atoms with Crippen LogP contribution in [0.5, 0.6) is 0 Å². The molecule has 2 heterocycles. The van der Waals surface area contributed by atoms with Crippen LogP contribution >= 0.6 is 0 Å². The van der Waals surface area contributed by atoms with E-state index in [9.17, 15) is 22.0 Å². The van der Waals surface area contributed by atoms with Gasteiger partial charge in [-0.1, -0.05) is 0 Å². The maximum absolute atomic E-state index is 13.4. The number of rotatable bonds is 2. The zero-order valence-corrected chi connectivity index (χ0v) is 11.5. The molecule has 0 amide bonds. The summed E-state index contributed by atoms with van der Waals surface area (Å²) in [4.78, 5) is 0. The number of hydrogen-bond acceptors (Lipinski definition) is 2. The molecule has 0 saturated heterocycles. The second-order valence-corrected chi connectivity index (χ2v) is 5.11. The van der Waals surface area contributed by atoms with Crippen molar-refractivity contribution in [3.8, 4) is 11.3 Å². The predicted molar refractivity (Wildman–Crippen MR) is 68.9 cm³/mol. The van der Waals surface area contributed by atoms with E-state index < -0.39 is 24.0 Å². The van der Waals surface area contributed by atoms with Gasteiger partial charge < -0.3 is 5.32 Å². The minimum Gasteiger partial charge on any atom is -0.308 e. The van der Waals surface area contributed by atoms with Gasteiger partial charge in [0.05, 0.1) is 11.4 Å². The molecule has 0 fully saturated rings. The van der Waals surface area contributed by atoms with Crippen LogP contribution in [-0.2, 0) is 6.42 Å². The van der Waals surface area contributed by atoms with Crippen molar-refractivity contribution in [2.45, 2.75) is 25.9 Å². The first-order chi connectivity index (χ1) is 10.4. The Labute approximate surface area is 122 Å². The summed E-state index contributed by atoms with van der Waals surface area (Å²) in [5.74, 6) is -4.48. The fourth-order valence-electron chi connectivity index (χ4n) is 2.73. The zero-order chi connectivity index (χ0) is 16.0. The minimum absolute atomic E-state index is 0.0730. The summed E-state index contributed by atoms with van der Waals surface area (Å²) in [5, 5.41) is 6.93. The molecule has 1 aromatic carbocycles. The Kier molecular flexibility index (Phi) is 3.64. The quantitative estimate of drug-likeness (QED) is 0.678. The molecule has 1 aliphatic heterocycles. The number of aromatic nitrogens is 2. The van der Waals surface area contributed by atoms with E-state index in [0.29, 0.717) is 41.0 Å². The maximum atomic E-state index is 13.4. The van der Waals surface area contributed by atoms with Crippen LogP contribution in [0.2, 0.25) is 0 Å². The molecule has 3 nitrogen and oxygen atoms in total. The Hall–Kier alpha value is -1.96. The van der Waals surface area contributed by atoms with E-state index in [4.69, 9.17) is 0 Å². The molecular weight excluding hydrogens is 305 g/mol. The topological polar surface area (TPSA) is 29.9 Å². The molecule has 8 heteroatoms. The normalized spacial score (nSPS) is 17.9. The molecule has 2 aromatic rings. The summed E-state index contributed by atoms with van der Waals surface area (Å²) >= 11 is 0. The van der Waals surface area contributed by atoms with Gasteiger partial charge in [0, 0.05) is 17.2 Å². The van der Waals surface area contributed by atoms with E-state index >= 15 is 0 Å². The van der Waals surface area contributed by atoms with Crippen LogP contribution in [0.25, 0.3) is 11.3 Å². The van der Waals surface area contributed by atoms with Gasteiger partial charge in [-0.2, -0.15) is 13.9 Å². The first kappa shape index (κ1) is 15.0. The monoisotopic (exact) mass is 317 g/mol. The van der Waals surface area contributed by atoms with Gasteiger partial charge in [-0.3, -0.25) is 0 Å². The third kappa shape index (κ3) is 2.27. The van der Waals surface area contributed by atoms with Gasteiger partial charge in [0.2, 0.25) is 0 Å².